The Hall–Kier alpha value is -1.81. The maximum Gasteiger partial charge on any atom is 0.314 e. The van der Waals surface area contributed by atoms with Crippen LogP contribution in [0.3, 0.4) is 0 Å². The normalized spacial score (nSPS) is 15.5. The summed E-state index contributed by atoms with van der Waals surface area (Å²) in [7, 11) is 0. The van der Waals surface area contributed by atoms with Crippen molar-refractivity contribution >= 4 is 21.9 Å². The van der Waals surface area contributed by atoms with Crippen molar-refractivity contribution in [3.63, 3.8) is 0 Å². The van der Waals surface area contributed by atoms with Gasteiger partial charge in [-0.05, 0) is 52.0 Å². The van der Waals surface area contributed by atoms with E-state index in [4.69, 9.17) is 4.74 Å². The largest absolute Gasteiger partial charge is 0.488 e. The van der Waals surface area contributed by atoms with E-state index in [2.05, 4.69) is 15.9 Å². The molecule has 0 saturated heterocycles. The first-order valence-corrected chi connectivity index (χ1v) is 7.61. The number of halogens is 1. The van der Waals surface area contributed by atoms with Crippen LogP contribution in [0.1, 0.15) is 24.0 Å². The number of hydrogen-bond acceptors (Lipinski definition) is 2. The zero-order valence-electron chi connectivity index (χ0n) is 11.4. The van der Waals surface area contributed by atoms with E-state index >= 15 is 0 Å². The second kappa shape index (κ2) is 5.53. The fraction of sp³-hybridized carbons (Fsp3) is 0.235. The number of benzene rings is 2. The smallest absolute Gasteiger partial charge is 0.314 e. The molecule has 1 aliphatic rings. The van der Waals surface area contributed by atoms with Crippen LogP contribution in [0.4, 0.5) is 0 Å². The highest BCUT2D eigenvalue weighted by Gasteiger charge is 2.51. The third-order valence-corrected chi connectivity index (χ3v) is 4.50. The van der Waals surface area contributed by atoms with Crippen LogP contribution >= 0.6 is 15.9 Å². The van der Waals surface area contributed by atoms with Crippen molar-refractivity contribution in [3.05, 3.63) is 64.1 Å². The fourth-order valence-electron chi connectivity index (χ4n) is 2.40. The Morgan fingerprint density at radius 3 is 2.48 bits per heavy atom. The van der Waals surface area contributed by atoms with Gasteiger partial charge in [-0.3, -0.25) is 4.79 Å². The maximum absolute atomic E-state index is 11.3. The molecule has 4 heteroatoms. The Bertz CT molecular complexity index is 663. The topological polar surface area (TPSA) is 46.5 Å². The zero-order valence-corrected chi connectivity index (χ0v) is 13.0. The van der Waals surface area contributed by atoms with Crippen molar-refractivity contribution < 1.29 is 14.6 Å². The summed E-state index contributed by atoms with van der Waals surface area (Å²) in [6.45, 7) is 0.489. The van der Waals surface area contributed by atoms with Gasteiger partial charge in [-0.15, -0.1) is 0 Å². The van der Waals surface area contributed by atoms with Crippen LogP contribution in [0.15, 0.2) is 53.0 Å². The first kappa shape index (κ1) is 14.1. The molecule has 1 fully saturated rings. The molecule has 0 spiro atoms. The third-order valence-electron chi connectivity index (χ3n) is 3.88. The van der Waals surface area contributed by atoms with Crippen molar-refractivity contribution in [2.45, 2.75) is 24.9 Å². The number of carbonyl (C=O) groups is 1. The molecular weight excluding hydrogens is 332 g/mol. The molecule has 0 aromatic heterocycles. The van der Waals surface area contributed by atoms with E-state index in [1.165, 1.54) is 0 Å². The number of rotatable bonds is 5. The van der Waals surface area contributed by atoms with Crippen LogP contribution in [0.25, 0.3) is 0 Å². The summed E-state index contributed by atoms with van der Waals surface area (Å²) >= 11 is 3.47. The van der Waals surface area contributed by atoms with Gasteiger partial charge in [-0.2, -0.15) is 0 Å². The molecule has 2 aromatic rings. The summed E-state index contributed by atoms with van der Waals surface area (Å²) in [5.41, 5.74) is 1.26. The minimum atomic E-state index is -0.743. The van der Waals surface area contributed by atoms with Gasteiger partial charge >= 0.3 is 5.97 Å². The molecule has 0 unspecified atom stereocenters. The van der Waals surface area contributed by atoms with Crippen LogP contribution in [-0.4, -0.2) is 11.1 Å². The van der Waals surface area contributed by atoms with Gasteiger partial charge in [0.2, 0.25) is 0 Å². The molecule has 1 saturated carbocycles. The first-order chi connectivity index (χ1) is 10.1. The van der Waals surface area contributed by atoms with Crippen molar-refractivity contribution in [2.75, 3.05) is 0 Å². The number of hydrogen-bond donors (Lipinski definition) is 1. The Morgan fingerprint density at radius 1 is 1.19 bits per heavy atom. The molecule has 0 amide bonds. The molecule has 0 atom stereocenters. The van der Waals surface area contributed by atoms with E-state index in [1.807, 2.05) is 48.5 Å². The first-order valence-electron chi connectivity index (χ1n) is 6.82. The van der Waals surface area contributed by atoms with Gasteiger partial charge in [-0.1, -0.05) is 36.4 Å². The van der Waals surface area contributed by atoms with E-state index in [9.17, 15) is 9.90 Å². The molecule has 0 heterocycles. The van der Waals surface area contributed by atoms with E-state index in [0.29, 0.717) is 19.4 Å². The van der Waals surface area contributed by atoms with Gasteiger partial charge in [0.1, 0.15) is 12.4 Å². The second-order valence-corrected chi connectivity index (χ2v) is 6.16. The summed E-state index contributed by atoms with van der Waals surface area (Å²) in [6, 6.07) is 15.5. The predicted molar refractivity (Wildman–Crippen MR) is 83.5 cm³/mol. The Labute approximate surface area is 131 Å². The van der Waals surface area contributed by atoms with Gasteiger partial charge in [0.25, 0.3) is 0 Å². The SMILES string of the molecule is O=C(O)C1(c2ccc(OCc3ccccc3)c(Br)c2)CC1. The lowest BCUT2D eigenvalue weighted by molar-refractivity contribution is -0.140. The molecule has 3 nitrogen and oxygen atoms in total. The number of carboxylic acid groups (broad SMARTS) is 1. The van der Waals surface area contributed by atoms with Crippen LogP contribution < -0.4 is 4.74 Å². The summed E-state index contributed by atoms with van der Waals surface area (Å²) in [4.78, 5) is 11.3. The molecule has 2 aromatic carbocycles. The minimum absolute atomic E-state index is 0.489. The van der Waals surface area contributed by atoms with Crippen LogP contribution in [0, 0.1) is 0 Å². The van der Waals surface area contributed by atoms with Crippen LogP contribution in [0.2, 0.25) is 0 Å². The molecule has 0 radical (unpaired) electrons. The molecule has 1 aliphatic carbocycles. The Balaban J connectivity index is 1.75. The zero-order chi connectivity index (χ0) is 14.9. The fourth-order valence-corrected chi connectivity index (χ4v) is 2.90. The molecular formula is C17H15BrO3. The molecule has 0 bridgehead atoms. The second-order valence-electron chi connectivity index (χ2n) is 5.31. The molecule has 108 valence electrons. The highest BCUT2D eigenvalue weighted by Crippen LogP contribution is 2.49. The van der Waals surface area contributed by atoms with Crippen molar-refractivity contribution in [1.82, 2.24) is 0 Å². The van der Waals surface area contributed by atoms with E-state index < -0.39 is 11.4 Å². The van der Waals surface area contributed by atoms with Gasteiger partial charge in [0.15, 0.2) is 0 Å². The summed E-state index contributed by atoms with van der Waals surface area (Å²) in [5.74, 6) is -0.0175. The van der Waals surface area contributed by atoms with Crippen molar-refractivity contribution in [3.8, 4) is 5.75 Å². The van der Waals surface area contributed by atoms with Crippen molar-refractivity contribution in [1.29, 1.82) is 0 Å². The summed E-state index contributed by atoms with van der Waals surface area (Å²) in [5, 5.41) is 9.32. The molecule has 3 rings (SSSR count). The predicted octanol–water partition coefficient (Wildman–Crippen LogP) is 4.14. The highest BCUT2D eigenvalue weighted by atomic mass is 79.9. The lowest BCUT2D eigenvalue weighted by Gasteiger charge is -2.13. The lowest BCUT2D eigenvalue weighted by Crippen LogP contribution is -2.19. The molecule has 0 aliphatic heterocycles. The number of carboxylic acids is 1. The lowest BCUT2D eigenvalue weighted by atomic mass is 9.96. The Kier molecular flexibility index (Phi) is 3.72. The minimum Gasteiger partial charge on any atom is -0.488 e. The maximum atomic E-state index is 11.3. The van der Waals surface area contributed by atoms with Crippen molar-refractivity contribution in [2.24, 2.45) is 0 Å². The quantitative estimate of drug-likeness (QED) is 0.884. The van der Waals surface area contributed by atoms with Gasteiger partial charge in [0.05, 0.1) is 9.89 Å². The highest BCUT2D eigenvalue weighted by molar-refractivity contribution is 9.10. The standard InChI is InChI=1S/C17H15BrO3/c18-14-10-13(17(8-9-17)16(19)20)6-7-15(14)21-11-12-4-2-1-3-5-12/h1-7,10H,8-9,11H2,(H,19,20). The van der Waals surface area contributed by atoms with Gasteiger partial charge in [-0.25, -0.2) is 0 Å². The van der Waals surface area contributed by atoms with E-state index in [1.54, 1.807) is 0 Å². The number of ether oxygens (including phenoxy) is 1. The van der Waals surface area contributed by atoms with E-state index in [-0.39, 0.29) is 0 Å². The van der Waals surface area contributed by atoms with E-state index in [0.717, 1.165) is 21.3 Å². The third kappa shape index (κ3) is 2.81. The van der Waals surface area contributed by atoms with Gasteiger partial charge < -0.3 is 9.84 Å². The summed E-state index contributed by atoms with van der Waals surface area (Å²) < 4.78 is 6.57. The average Bonchev–Trinajstić information content (AvgIpc) is 3.29. The molecule has 21 heavy (non-hydrogen) atoms. The monoisotopic (exact) mass is 346 g/mol. The Morgan fingerprint density at radius 2 is 1.90 bits per heavy atom. The van der Waals surface area contributed by atoms with Crippen LogP contribution in [0.5, 0.6) is 5.75 Å². The molecule has 1 N–H and O–H groups in total. The number of aliphatic carboxylic acids is 1. The summed E-state index contributed by atoms with van der Waals surface area (Å²) in [6.07, 6.45) is 1.41. The average molecular weight is 347 g/mol. The van der Waals surface area contributed by atoms with Gasteiger partial charge in [0, 0.05) is 0 Å². The van der Waals surface area contributed by atoms with Crippen LogP contribution in [-0.2, 0) is 16.8 Å².